The highest BCUT2D eigenvalue weighted by Crippen LogP contribution is 2.77. The zero-order chi connectivity index (χ0) is 13.9. The van der Waals surface area contributed by atoms with Crippen LogP contribution in [0.1, 0.15) is 44.9 Å². The van der Waals surface area contributed by atoms with Gasteiger partial charge in [0.05, 0.1) is 11.8 Å². The summed E-state index contributed by atoms with van der Waals surface area (Å²) in [4.78, 5) is 24.7. The third-order valence-corrected chi connectivity index (χ3v) is 7.94. The van der Waals surface area contributed by atoms with E-state index in [1.54, 1.807) is 11.1 Å². The highest BCUT2D eigenvalue weighted by molar-refractivity contribution is 5.99. The summed E-state index contributed by atoms with van der Waals surface area (Å²) in [6.45, 7) is 0. The molecule has 1 heterocycles. The van der Waals surface area contributed by atoms with E-state index in [2.05, 4.69) is 0 Å². The van der Waals surface area contributed by atoms with E-state index in [1.165, 1.54) is 44.9 Å². The molecule has 21 heavy (non-hydrogen) atoms. The first-order valence-corrected chi connectivity index (χ1v) is 8.72. The van der Waals surface area contributed by atoms with Crippen molar-refractivity contribution in [3.05, 3.63) is 11.1 Å². The van der Waals surface area contributed by atoms with E-state index in [1.807, 2.05) is 0 Å². The van der Waals surface area contributed by atoms with E-state index in [9.17, 15) is 9.59 Å². The lowest BCUT2D eigenvalue weighted by Gasteiger charge is -2.34. The average Bonchev–Trinajstić information content (AvgIpc) is 3.25. The van der Waals surface area contributed by atoms with E-state index in [0.717, 1.165) is 11.8 Å². The molecule has 6 rings (SSSR count). The quantitative estimate of drug-likeness (QED) is 0.390. The van der Waals surface area contributed by atoms with E-state index < -0.39 is 0 Å². The second-order valence-electron chi connectivity index (χ2n) is 8.30. The Hall–Kier alpha value is -1.12. The van der Waals surface area contributed by atoms with Gasteiger partial charge in [-0.15, -0.1) is 0 Å². The Bertz CT molecular complexity index is 578. The Labute approximate surface area is 124 Å². The normalized spacial score (nSPS) is 51.2. The molecule has 4 bridgehead atoms. The van der Waals surface area contributed by atoms with Gasteiger partial charge in [-0.1, -0.05) is 24.0 Å². The van der Waals surface area contributed by atoms with Crippen molar-refractivity contribution in [3.8, 4) is 0 Å². The lowest BCUT2D eigenvalue weighted by Crippen LogP contribution is -2.31. The summed E-state index contributed by atoms with van der Waals surface area (Å²) in [5.41, 5.74) is 3.59. The summed E-state index contributed by atoms with van der Waals surface area (Å²) in [5.74, 6) is 1.61. The molecule has 3 nitrogen and oxygen atoms in total. The van der Waals surface area contributed by atoms with Crippen LogP contribution in [0.25, 0.3) is 0 Å². The Morgan fingerprint density at radius 1 is 0.857 bits per heavy atom. The van der Waals surface area contributed by atoms with Gasteiger partial charge >= 0.3 is 11.9 Å². The van der Waals surface area contributed by atoms with E-state index in [-0.39, 0.29) is 29.2 Å². The number of carbonyl (C=O) groups excluding carboxylic acids is 2. The third kappa shape index (κ3) is 1.01. The smallest absolute Gasteiger partial charge is 0.318 e. The highest BCUT2D eigenvalue weighted by atomic mass is 16.6. The molecule has 6 aliphatic rings. The van der Waals surface area contributed by atoms with E-state index in [4.69, 9.17) is 4.74 Å². The van der Waals surface area contributed by atoms with E-state index >= 15 is 0 Å². The molecular formula is C18H20O3. The first-order chi connectivity index (χ1) is 10.2. The van der Waals surface area contributed by atoms with Gasteiger partial charge in [0.2, 0.25) is 0 Å². The monoisotopic (exact) mass is 284 g/mol. The summed E-state index contributed by atoms with van der Waals surface area (Å²) < 4.78 is 5.06. The number of hydrogen-bond donors (Lipinski definition) is 0. The van der Waals surface area contributed by atoms with Crippen molar-refractivity contribution < 1.29 is 14.3 Å². The zero-order valence-electron chi connectivity index (χ0n) is 12.1. The molecule has 1 spiro atoms. The zero-order valence-corrected chi connectivity index (χ0v) is 12.1. The topological polar surface area (TPSA) is 43.4 Å². The number of ether oxygens (including phenoxy) is 1. The number of esters is 2. The molecule has 1 aliphatic heterocycles. The van der Waals surface area contributed by atoms with Gasteiger partial charge in [-0.2, -0.15) is 0 Å². The summed E-state index contributed by atoms with van der Waals surface area (Å²) >= 11 is 0. The molecule has 0 amide bonds. The van der Waals surface area contributed by atoms with Crippen LogP contribution in [0.3, 0.4) is 0 Å². The van der Waals surface area contributed by atoms with Crippen LogP contribution in [0.5, 0.6) is 0 Å². The molecule has 0 radical (unpaired) electrons. The molecule has 0 unspecified atom stereocenters. The van der Waals surface area contributed by atoms with E-state index in [0.29, 0.717) is 11.8 Å². The van der Waals surface area contributed by atoms with Crippen molar-refractivity contribution in [2.45, 2.75) is 44.9 Å². The minimum Gasteiger partial charge on any atom is -0.393 e. The van der Waals surface area contributed by atoms with Crippen molar-refractivity contribution >= 4 is 11.9 Å². The molecule has 5 aliphatic carbocycles. The van der Waals surface area contributed by atoms with Crippen molar-refractivity contribution in [2.75, 3.05) is 0 Å². The molecular weight excluding hydrogens is 264 g/mol. The van der Waals surface area contributed by atoms with Gasteiger partial charge < -0.3 is 4.74 Å². The Balaban J connectivity index is 1.60. The van der Waals surface area contributed by atoms with Crippen LogP contribution in [-0.4, -0.2) is 11.9 Å². The van der Waals surface area contributed by atoms with Gasteiger partial charge in [-0.25, -0.2) is 0 Å². The Kier molecular flexibility index (Phi) is 1.79. The number of hydrogen-bond acceptors (Lipinski definition) is 3. The maximum absolute atomic E-state index is 12.3. The lowest BCUT2D eigenvalue weighted by atomic mass is 9.69. The lowest BCUT2D eigenvalue weighted by molar-refractivity contribution is -0.155. The number of cyclic esters (lactones) is 2. The summed E-state index contributed by atoms with van der Waals surface area (Å²) in [5, 5.41) is 0. The third-order valence-electron chi connectivity index (χ3n) is 7.94. The molecule has 1 saturated heterocycles. The van der Waals surface area contributed by atoms with Crippen LogP contribution in [0.2, 0.25) is 0 Å². The van der Waals surface area contributed by atoms with Crippen LogP contribution >= 0.6 is 0 Å². The fraction of sp³-hybridized carbons (Fsp3) is 0.778. The SMILES string of the molecule is O=C1OC(=O)[C@@H]2[C@@H]1[C@H]1C3=C([C@H]4CC[C@H]3C4)[C@H]2C12CCCC2. The summed E-state index contributed by atoms with van der Waals surface area (Å²) in [7, 11) is 0. The van der Waals surface area contributed by atoms with Gasteiger partial charge in [-0.05, 0) is 49.4 Å². The first-order valence-electron chi connectivity index (χ1n) is 8.72. The van der Waals surface area contributed by atoms with Crippen molar-refractivity contribution in [3.63, 3.8) is 0 Å². The van der Waals surface area contributed by atoms with Crippen LogP contribution in [0, 0.1) is 40.9 Å². The Morgan fingerprint density at radius 2 is 1.38 bits per heavy atom. The van der Waals surface area contributed by atoms with Gasteiger partial charge in [0, 0.05) is 11.8 Å². The van der Waals surface area contributed by atoms with Crippen molar-refractivity contribution in [2.24, 2.45) is 40.9 Å². The second kappa shape index (κ2) is 3.28. The second-order valence-corrected chi connectivity index (χ2v) is 8.30. The molecule has 3 heteroatoms. The molecule has 0 aromatic heterocycles. The fourth-order valence-corrected chi connectivity index (χ4v) is 7.67. The highest BCUT2D eigenvalue weighted by Gasteiger charge is 2.75. The number of carbonyl (C=O) groups is 2. The number of fused-ring (bicyclic) bond motifs is 9. The number of allylic oxidation sites excluding steroid dienone is 2. The van der Waals surface area contributed by atoms with Crippen LogP contribution in [-0.2, 0) is 14.3 Å². The first kappa shape index (κ1) is 11.4. The van der Waals surface area contributed by atoms with Crippen LogP contribution in [0.15, 0.2) is 11.1 Å². The molecule has 0 aromatic carbocycles. The fourth-order valence-electron chi connectivity index (χ4n) is 7.67. The Morgan fingerprint density at radius 3 is 1.90 bits per heavy atom. The van der Waals surface area contributed by atoms with Gasteiger partial charge in [0.25, 0.3) is 0 Å². The average molecular weight is 284 g/mol. The predicted molar refractivity (Wildman–Crippen MR) is 73.8 cm³/mol. The van der Waals surface area contributed by atoms with Gasteiger partial charge in [0.1, 0.15) is 0 Å². The standard InChI is InChI=1S/C18H20O3/c19-16-12-13(17(20)21-16)15-11-9-4-3-8(7-9)10(11)14(12)18(15)5-1-2-6-18/h8-9,12-15H,1-7H2/t8-,9-,12+,13+,14+,15+/m0/s1. The molecule has 3 saturated carbocycles. The summed E-state index contributed by atoms with van der Waals surface area (Å²) in [6, 6.07) is 0. The van der Waals surface area contributed by atoms with Gasteiger partial charge in [0.15, 0.2) is 0 Å². The summed E-state index contributed by atoms with van der Waals surface area (Å²) in [6.07, 6.45) is 9.00. The molecule has 0 aromatic rings. The van der Waals surface area contributed by atoms with Gasteiger partial charge in [-0.3, -0.25) is 9.59 Å². The van der Waals surface area contributed by atoms with Crippen LogP contribution < -0.4 is 0 Å². The predicted octanol–water partition coefficient (Wildman–Crippen LogP) is 2.85. The molecule has 0 N–H and O–H groups in total. The van der Waals surface area contributed by atoms with Crippen molar-refractivity contribution in [1.29, 1.82) is 0 Å². The maximum atomic E-state index is 12.3. The van der Waals surface area contributed by atoms with Crippen LogP contribution in [0.4, 0.5) is 0 Å². The van der Waals surface area contributed by atoms with Crippen molar-refractivity contribution in [1.82, 2.24) is 0 Å². The maximum Gasteiger partial charge on any atom is 0.318 e. The molecule has 4 fully saturated rings. The minimum atomic E-state index is -0.196. The largest absolute Gasteiger partial charge is 0.393 e. The molecule has 110 valence electrons. The number of rotatable bonds is 0. The molecule has 6 atom stereocenters. The minimum absolute atomic E-state index is 0.112.